The monoisotopic (exact) mass is 375 g/mol. The summed E-state index contributed by atoms with van der Waals surface area (Å²) in [5.74, 6) is -0.0565. The first kappa shape index (κ1) is 17.2. The highest BCUT2D eigenvalue weighted by molar-refractivity contribution is 7.09. The molecule has 6 heteroatoms. The van der Waals surface area contributed by atoms with Gasteiger partial charge >= 0.3 is 0 Å². The molecule has 0 aliphatic carbocycles. The van der Waals surface area contributed by atoms with Crippen LogP contribution in [-0.2, 0) is 6.54 Å². The van der Waals surface area contributed by atoms with Crippen molar-refractivity contribution < 1.29 is 4.79 Å². The Morgan fingerprint density at radius 1 is 1.07 bits per heavy atom. The molecule has 0 aliphatic heterocycles. The van der Waals surface area contributed by atoms with E-state index in [1.165, 1.54) is 10.9 Å². The number of carbonyl (C=O) groups excluding carboxylic acids is 1. The number of amides is 1. The molecule has 0 radical (unpaired) electrons. The van der Waals surface area contributed by atoms with Crippen LogP contribution in [0.5, 0.6) is 0 Å². The van der Waals surface area contributed by atoms with E-state index in [1.807, 2.05) is 35.7 Å². The average Bonchev–Trinajstić information content (AvgIpc) is 3.21. The van der Waals surface area contributed by atoms with Crippen molar-refractivity contribution in [2.45, 2.75) is 6.54 Å². The van der Waals surface area contributed by atoms with Gasteiger partial charge in [-0.05, 0) is 47.8 Å². The standard InChI is InChI=1S/C21H17N3O2S/c1-23(13-17-5-4-12-27-17)20(25)15-8-10-16(11-9-15)24-14-22-19-7-3-2-6-18(19)21(24)26/h2-12,14H,13H2,1H3. The Bertz CT molecular complexity index is 1150. The summed E-state index contributed by atoms with van der Waals surface area (Å²) in [6.45, 7) is 0.576. The molecule has 0 unspecified atom stereocenters. The zero-order chi connectivity index (χ0) is 18.8. The quantitative estimate of drug-likeness (QED) is 0.546. The maximum atomic E-state index is 12.7. The number of hydrogen-bond donors (Lipinski definition) is 0. The molecular formula is C21H17N3O2S. The third kappa shape index (κ3) is 3.39. The van der Waals surface area contributed by atoms with Gasteiger partial charge in [-0.3, -0.25) is 14.2 Å². The molecule has 5 nitrogen and oxygen atoms in total. The Labute approximate surface area is 160 Å². The van der Waals surface area contributed by atoms with E-state index in [-0.39, 0.29) is 11.5 Å². The van der Waals surface area contributed by atoms with Crippen molar-refractivity contribution in [3.05, 3.63) is 93.2 Å². The van der Waals surface area contributed by atoms with E-state index < -0.39 is 0 Å². The van der Waals surface area contributed by atoms with Crippen LogP contribution in [0, 0.1) is 0 Å². The van der Waals surface area contributed by atoms with Crippen LogP contribution in [0.15, 0.2) is 77.2 Å². The minimum Gasteiger partial charge on any atom is -0.337 e. The summed E-state index contributed by atoms with van der Waals surface area (Å²) in [4.78, 5) is 32.4. The van der Waals surface area contributed by atoms with Crippen molar-refractivity contribution in [3.8, 4) is 5.69 Å². The fraction of sp³-hybridized carbons (Fsp3) is 0.0952. The summed E-state index contributed by atoms with van der Waals surface area (Å²) in [6.07, 6.45) is 1.52. The number of carbonyl (C=O) groups is 1. The molecule has 0 aliphatic rings. The highest BCUT2D eigenvalue weighted by Gasteiger charge is 2.13. The number of benzene rings is 2. The molecular weight excluding hydrogens is 358 g/mol. The molecule has 1 amide bonds. The number of hydrogen-bond acceptors (Lipinski definition) is 4. The third-order valence-corrected chi connectivity index (χ3v) is 5.24. The highest BCUT2D eigenvalue weighted by Crippen LogP contribution is 2.15. The van der Waals surface area contributed by atoms with Crippen molar-refractivity contribution in [1.82, 2.24) is 14.5 Å². The van der Waals surface area contributed by atoms with E-state index in [1.54, 1.807) is 53.6 Å². The molecule has 0 spiro atoms. The molecule has 0 N–H and O–H groups in total. The lowest BCUT2D eigenvalue weighted by molar-refractivity contribution is 0.0786. The summed E-state index contributed by atoms with van der Waals surface area (Å²) < 4.78 is 1.49. The predicted molar refractivity (Wildman–Crippen MR) is 107 cm³/mol. The van der Waals surface area contributed by atoms with Gasteiger partial charge in [-0.25, -0.2) is 4.98 Å². The molecule has 2 aromatic heterocycles. The van der Waals surface area contributed by atoms with Gasteiger partial charge in [0.2, 0.25) is 0 Å². The molecule has 2 aromatic carbocycles. The van der Waals surface area contributed by atoms with Crippen LogP contribution >= 0.6 is 11.3 Å². The van der Waals surface area contributed by atoms with Gasteiger partial charge in [0, 0.05) is 17.5 Å². The van der Waals surface area contributed by atoms with Crippen molar-refractivity contribution in [3.63, 3.8) is 0 Å². The SMILES string of the molecule is CN(Cc1cccs1)C(=O)c1ccc(-n2cnc3ccccc3c2=O)cc1. The number of fused-ring (bicyclic) bond motifs is 1. The first-order valence-corrected chi connectivity index (χ1v) is 9.36. The van der Waals surface area contributed by atoms with Gasteiger partial charge in [-0.15, -0.1) is 11.3 Å². The van der Waals surface area contributed by atoms with E-state index in [0.717, 1.165) is 4.88 Å². The number of para-hydroxylation sites is 1. The minimum atomic E-state index is -0.130. The molecule has 2 heterocycles. The summed E-state index contributed by atoms with van der Waals surface area (Å²) in [5, 5.41) is 2.56. The summed E-state index contributed by atoms with van der Waals surface area (Å²) >= 11 is 1.63. The molecule has 0 bridgehead atoms. The van der Waals surface area contributed by atoms with Gasteiger partial charge in [0.15, 0.2) is 0 Å². The molecule has 134 valence electrons. The lowest BCUT2D eigenvalue weighted by atomic mass is 10.1. The molecule has 0 atom stereocenters. The number of rotatable bonds is 4. The summed E-state index contributed by atoms with van der Waals surface area (Å²) in [6, 6.07) is 18.2. The first-order chi connectivity index (χ1) is 13.1. The maximum absolute atomic E-state index is 12.7. The van der Waals surface area contributed by atoms with E-state index in [9.17, 15) is 9.59 Å². The molecule has 4 rings (SSSR count). The second kappa shape index (κ2) is 7.17. The summed E-state index contributed by atoms with van der Waals surface area (Å²) in [7, 11) is 1.79. The Kier molecular flexibility index (Phi) is 4.56. The normalized spacial score (nSPS) is 10.9. The topological polar surface area (TPSA) is 55.2 Å². The van der Waals surface area contributed by atoms with Crippen LogP contribution in [0.3, 0.4) is 0 Å². The molecule has 4 aromatic rings. The van der Waals surface area contributed by atoms with Gasteiger partial charge in [0.1, 0.15) is 6.33 Å². The fourth-order valence-electron chi connectivity index (χ4n) is 2.95. The van der Waals surface area contributed by atoms with Crippen LogP contribution < -0.4 is 5.56 Å². The highest BCUT2D eigenvalue weighted by atomic mass is 32.1. The number of thiophene rings is 1. The van der Waals surface area contributed by atoms with Crippen LogP contribution in [0.25, 0.3) is 16.6 Å². The molecule has 0 saturated heterocycles. The van der Waals surface area contributed by atoms with Crippen molar-refractivity contribution in [2.24, 2.45) is 0 Å². The second-order valence-corrected chi connectivity index (χ2v) is 7.26. The Balaban J connectivity index is 1.60. The number of nitrogens with zero attached hydrogens (tertiary/aromatic N) is 3. The van der Waals surface area contributed by atoms with Gasteiger partial charge in [-0.1, -0.05) is 18.2 Å². The van der Waals surface area contributed by atoms with Crippen LogP contribution in [0.1, 0.15) is 15.2 Å². The van der Waals surface area contributed by atoms with E-state index >= 15 is 0 Å². The molecule has 0 fully saturated rings. The van der Waals surface area contributed by atoms with Crippen LogP contribution in [-0.4, -0.2) is 27.4 Å². The van der Waals surface area contributed by atoms with Gasteiger partial charge in [-0.2, -0.15) is 0 Å². The lowest BCUT2D eigenvalue weighted by Crippen LogP contribution is -2.26. The lowest BCUT2D eigenvalue weighted by Gasteiger charge is -2.16. The van der Waals surface area contributed by atoms with Gasteiger partial charge in [0.25, 0.3) is 11.5 Å². The minimum absolute atomic E-state index is 0.0565. The zero-order valence-corrected chi connectivity index (χ0v) is 15.5. The summed E-state index contributed by atoms with van der Waals surface area (Å²) in [5.41, 5.74) is 1.80. The molecule has 0 saturated carbocycles. The van der Waals surface area contributed by atoms with Crippen molar-refractivity contribution in [1.29, 1.82) is 0 Å². The van der Waals surface area contributed by atoms with Crippen molar-refractivity contribution in [2.75, 3.05) is 7.05 Å². The average molecular weight is 375 g/mol. The zero-order valence-electron chi connectivity index (χ0n) is 14.7. The van der Waals surface area contributed by atoms with Gasteiger partial charge in [0.05, 0.1) is 23.1 Å². The first-order valence-electron chi connectivity index (χ1n) is 8.48. The van der Waals surface area contributed by atoms with Crippen molar-refractivity contribution >= 4 is 28.1 Å². The Morgan fingerprint density at radius 2 is 1.85 bits per heavy atom. The molecule has 27 heavy (non-hydrogen) atoms. The van der Waals surface area contributed by atoms with Gasteiger partial charge < -0.3 is 4.90 Å². The Hall–Kier alpha value is -3.25. The smallest absolute Gasteiger partial charge is 0.265 e. The van der Waals surface area contributed by atoms with E-state index in [2.05, 4.69) is 4.98 Å². The fourth-order valence-corrected chi connectivity index (χ4v) is 3.70. The second-order valence-electron chi connectivity index (χ2n) is 6.22. The van der Waals surface area contributed by atoms with Crippen LogP contribution in [0.2, 0.25) is 0 Å². The Morgan fingerprint density at radius 3 is 2.59 bits per heavy atom. The van der Waals surface area contributed by atoms with E-state index in [0.29, 0.717) is 28.7 Å². The van der Waals surface area contributed by atoms with E-state index in [4.69, 9.17) is 0 Å². The van der Waals surface area contributed by atoms with Crippen LogP contribution in [0.4, 0.5) is 0 Å². The third-order valence-electron chi connectivity index (χ3n) is 4.38. The largest absolute Gasteiger partial charge is 0.337 e. The maximum Gasteiger partial charge on any atom is 0.265 e. The number of aromatic nitrogens is 2. The predicted octanol–water partition coefficient (Wildman–Crippen LogP) is 3.72.